The number of aryl methyl sites for hydroxylation is 1. The number of carbonyl (C=O) groups excluding carboxylic acids is 1. The minimum Gasteiger partial charge on any atom is -0.477 e. The number of carbonyl (C=O) groups is 2. The van der Waals surface area contributed by atoms with Crippen LogP contribution in [0.25, 0.3) is 0 Å². The molecule has 1 saturated heterocycles. The summed E-state index contributed by atoms with van der Waals surface area (Å²) in [6, 6.07) is 7.55. The van der Waals surface area contributed by atoms with Crippen LogP contribution in [0, 0.1) is 6.92 Å². The lowest BCUT2D eigenvalue weighted by atomic mass is 10.1. The van der Waals surface area contributed by atoms with Gasteiger partial charge in [-0.2, -0.15) is 0 Å². The maximum absolute atomic E-state index is 12.7. The highest BCUT2D eigenvalue weighted by Crippen LogP contribution is 2.28. The largest absolute Gasteiger partial charge is 0.477 e. The molecule has 2 aromatic rings. The summed E-state index contributed by atoms with van der Waals surface area (Å²) < 4.78 is 33.1. The van der Waals surface area contributed by atoms with E-state index in [0.717, 1.165) is 12.8 Å². The van der Waals surface area contributed by atoms with E-state index in [-0.39, 0.29) is 26.4 Å². The van der Waals surface area contributed by atoms with E-state index in [0.29, 0.717) is 30.1 Å². The second-order valence-electron chi connectivity index (χ2n) is 6.38. The summed E-state index contributed by atoms with van der Waals surface area (Å²) in [5.74, 6) is -1.60. The van der Waals surface area contributed by atoms with Crippen LogP contribution in [0.15, 0.2) is 34.5 Å². The van der Waals surface area contributed by atoms with E-state index >= 15 is 0 Å². The Morgan fingerprint density at radius 3 is 2.71 bits per heavy atom. The zero-order valence-electron chi connectivity index (χ0n) is 15.1. The zero-order valence-corrected chi connectivity index (χ0v) is 16.7. The molecule has 1 unspecified atom stereocenters. The average molecular weight is 425 g/mol. The fourth-order valence-corrected chi connectivity index (χ4v) is 5.33. The van der Waals surface area contributed by atoms with Gasteiger partial charge in [-0.15, -0.1) is 11.3 Å². The van der Waals surface area contributed by atoms with E-state index in [2.05, 4.69) is 10.0 Å². The number of carboxylic acids is 1. The van der Waals surface area contributed by atoms with Crippen LogP contribution in [0.1, 0.15) is 38.4 Å². The number of rotatable bonds is 7. The van der Waals surface area contributed by atoms with Crippen molar-refractivity contribution in [2.75, 3.05) is 17.9 Å². The zero-order chi connectivity index (χ0) is 20.3. The Labute approximate surface area is 166 Å². The Balaban J connectivity index is 1.79. The Morgan fingerprint density at radius 1 is 1.32 bits per heavy atom. The molecule has 0 aliphatic carbocycles. The monoisotopic (exact) mass is 424 g/mol. The van der Waals surface area contributed by atoms with Crippen molar-refractivity contribution in [3.8, 4) is 0 Å². The molecule has 0 saturated carbocycles. The molecule has 1 aromatic heterocycles. The van der Waals surface area contributed by atoms with Gasteiger partial charge >= 0.3 is 5.97 Å². The lowest BCUT2D eigenvalue weighted by Crippen LogP contribution is -2.32. The van der Waals surface area contributed by atoms with E-state index in [4.69, 9.17) is 9.84 Å². The van der Waals surface area contributed by atoms with Crippen molar-refractivity contribution in [1.82, 2.24) is 5.32 Å². The van der Waals surface area contributed by atoms with Crippen molar-refractivity contribution >= 4 is 38.9 Å². The van der Waals surface area contributed by atoms with Gasteiger partial charge in [0.2, 0.25) is 0 Å². The highest BCUT2D eigenvalue weighted by atomic mass is 32.2. The van der Waals surface area contributed by atoms with Crippen LogP contribution < -0.4 is 10.0 Å². The summed E-state index contributed by atoms with van der Waals surface area (Å²) in [6.07, 6.45) is 1.80. The molecule has 3 N–H and O–H groups in total. The van der Waals surface area contributed by atoms with Crippen LogP contribution in [-0.4, -0.2) is 44.7 Å². The third-order valence-corrected chi connectivity index (χ3v) is 7.35. The number of hydrogen-bond acceptors (Lipinski definition) is 6. The molecule has 1 aromatic carbocycles. The highest BCUT2D eigenvalue weighted by Gasteiger charge is 2.24. The molecule has 0 radical (unpaired) electrons. The first-order chi connectivity index (χ1) is 13.3. The molecule has 10 heteroatoms. The lowest BCUT2D eigenvalue weighted by Gasteiger charge is -2.14. The van der Waals surface area contributed by atoms with E-state index < -0.39 is 21.9 Å². The molecule has 1 aliphatic rings. The minimum absolute atomic E-state index is 0.0312. The molecule has 28 heavy (non-hydrogen) atoms. The molecule has 1 amide bonds. The van der Waals surface area contributed by atoms with Gasteiger partial charge in [0.1, 0.15) is 9.09 Å². The summed E-state index contributed by atoms with van der Waals surface area (Å²) >= 11 is 0.668. The standard InChI is InChI=1S/C18H20N2O6S2/c1-11-9-15(27-16(11)18(22)23)28(24,25)20-14-7-3-2-6-13(14)17(21)19-10-12-5-4-8-26-12/h2-3,6-7,9,12,20H,4-5,8,10H2,1H3,(H,19,21)(H,22,23). The van der Waals surface area contributed by atoms with E-state index in [1.165, 1.54) is 25.1 Å². The van der Waals surface area contributed by atoms with Gasteiger partial charge in [0.15, 0.2) is 0 Å². The predicted octanol–water partition coefficient (Wildman–Crippen LogP) is 2.46. The van der Waals surface area contributed by atoms with E-state index in [1.54, 1.807) is 12.1 Å². The van der Waals surface area contributed by atoms with Gasteiger partial charge in [-0.05, 0) is 43.5 Å². The van der Waals surface area contributed by atoms with Gasteiger partial charge in [0.25, 0.3) is 15.9 Å². The molecule has 0 bridgehead atoms. The van der Waals surface area contributed by atoms with Gasteiger partial charge in [0, 0.05) is 13.2 Å². The van der Waals surface area contributed by atoms with E-state index in [1.807, 2.05) is 0 Å². The molecule has 1 atom stereocenters. The van der Waals surface area contributed by atoms with Crippen molar-refractivity contribution in [3.05, 3.63) is 46.3 Å². The van der Waals surface area contributed by atoms with Crippen LogP contribution in [0.4, 0.5) is 5.69 Å². The number of aromatic carboxylic acids is 1. The smallest absolute Gasteiger partial charge is 0.346 e. The predicted molar refractivity (Wildman–Crippen MR) is 105 cm³/mol. The lowest BCUT2D eigenvalue weighted by molar-refractivity contribution is 0.0701. The second kappa shape index (κ2) is 8.29. The Morgan fingerprint density at radius 2 is 2.07 bits per heavy atom. The van der Waals surface area contributed by atoms with Crippen molar-refractivity contribution in [2.45, 2.75) is 30.1 Å². The number of para-hydroxylation sites is 1. The number of ether oxygens (including phenoxy) is 1. The number of sulfonamides is 1. The Hall–Kier alpha value is -2.43. The molecule has 1 fully saturated rings. The van der Waals surface area contributed by atoms with Crippen molar-refractivity contribution in [1.29, 1.82) is 0 Å². The first-order valence-corrected chi connectivity index (χ1v) is 10.9. The quantitative estimate of drug-likeness (QED) is 0.628. The van der Waals surface area contributed by atoms with Crippen LogP contribution >= 0.6 is 11.3 Å². The van der Waals surface area contributed by atoms with Gasteiger partial charge in [-0.1, -0.05) is 12.1 Å². The van der Waals surface area contributed by atoms with Gasteiger partial charge < -0.3 is 15.2 Å². The SMILES string of the molecule is Cc1cc(S(=O)(=O)Nc2ccccc2C(=O)NCC2CCCO2)sc1C(=O)O. The minimum atomic E-state index is -4.03. The summed E-state index contributed by atoms with van der Waals surface area (Å²) in [4.78, 5) is 23.7. The second-order valence-corrected chi connectivity index (χ2v) is 9.34. The Kier molecular flexibility index (Phi) is 6.01. The molecule has 1 aliphatic heterocycles. The molecule has 150 valence electrons. The van der Waals surface area contributed by atoms with Crippen LogP contribution in [0.2, 0.25) is 0 Å². The number of benzene rings is 1. The number of carboxylic acid groups (broad SMARTS) is 1. The topological polar surface area (TPSA) is 122 Å². The molecule has 3 rings (SSSR count). The van der Waals surface area contributed by atoms with Crippen LogP contribution in [-0.2, 0) is 14.8 Å². The first-order valence-electron chi connectivity index (χ1n) is 8.63. The van der Waals surface area contributed by atoms with Gasteiger partial charge in [-0.3, -0.25) is 9.52 Å². The third-order valence-electron chi connectivity index (χ3n) is 4.28. The van der Waals surface area contributed by atoms with Gasteiger partial charge in [0.05, 0.1) is 17.4 Å². The summed E-state index contributed by atoms with van der Waals surface area (Å²) in [5, 5.41) is 11.9. The molecule has 2 heterocycles. The molecule has 0 spiro atoms. The van der Waals surface area contributed by atoms with Crippen molar-refractivity contribution < 1.29 is 27.9 Å². The average Bonchev–Trinajstić information content (AvgIpc) is 3.29. The number of thiophene rings is 1. The van der Waals surface area contributed by atoms with Crippen LogP contribution in [0.3, 0.4) is 0 Å². The normalized spacial score (nSPS) is 16.7. The maximum Gasteiger partial charge on any atom is 0.346 e. The number of amides is 1. The van der Waals surface area contributed by atoms with Crippen molar-refractivity contribution in [2.24, 2.45) is 0 Å². The van der Waals surface area contributed by atoms with E-state index in [9.17, 15) is 18.0 Å². The summed E-state index contributed by atoms with van der Waals surface area (Å²) in [5.41, 5.74) is 0.659. The third kappa shape index (κ3) is 4.51. The number of anilines is 1. The highest BCUT2D eigenvalue weighted by molar-refractivity contribution is 7.94. The molecular formula is C18H20N2O6S2. The van der Waals surface area contributed by atoms with Crippen molar-refractivity contribution in [3.63, 3.8) is 0 Å². The summed E-state index contributed by atoms with van der Waals surface area (Å²) in [7, 11) is -4.03. The maximum atomic E-state index is 12.7. The molecular weight excluding hydrogens is 404 g/mol. The van der Waals surface area contributed by atoms with Crippen LogP contribution in [0.5, 0.6) is 0 Å². The fourth-order valence-electron chi connectivity index (χ4n) is 2.87. The fraction of sp³-hybridized carbons (Fsp3) is 0.333. The Bertz CT molecular complexity index is 993. The number of hydrogen-bond donors (Lipinski definition) is 3. The summed E-state index contributed by atoms with van der Waals surface area (Å²) in [6.45, 7) is 2.56. The first kappa shape index (κ1) is 20.3. The number of nitrogens with one attached hydrogen (secondary N) is 2. The van der Waals surface area contributed by atoms with Gasteiger partial charge in [-0.25, -0.2) is 13.2 Å². The molecule has 8 nitrogen and oxygen atoms in total.